The fraction of sp³-hybridized carbons (Fsp3) is 0.619. The summed E-state index contributed by atoms with van der Waals surface area (Å²) in [5.74, 6) is 2.49. The standard InChI is InChI=1S/C21H37P.ClH/c1-5-9-17-22(8-4,18-10-6-2,19-11-7-3)20-21-15-13-12-14-16-21;/h8,12-16H,4-7,9-11,17-20H2,1-3H3;1H. The zero-order valence-electron chi connectivity index (χ0n) is 15.6. The van der Waals surface area contributed by atoms with E-state index in [4.69, 9.17) is 0 Å². The van der Waals surface area contributed by atoms with Gasteiger partial charge in [-0.3, -0.25) is 0 Å². The largest absolute Gasteiger partial charge is 0.147 e. The predicted octanol–water partition coefficient (Wildman–Crippen LogP) is 7.71. The fourth-order valence-electron chi connectivity index (χ4n) is 3.74. The first-order valence-corrected chi connectivity index (χ1v) is 12.4. The molecule has 2 heteroatoms. The van der Waals surface area contributed by atoms with Crippen molar-refractivity contribution in [1.29, 1.82) is 0 Å². The summed E-state index contributed by atoms with van der Waals surface area (Å²) in [6, 6.07) is 11.2. The number of rotatable bonds is 12. The summed E-state index contributed by atoms with van der Waals surface area (Å²) in [5, 5.41) is 0. The van der Waals surface area contributed by atoms with Gasteiger partial charge in [0, 0.05) is 0 Å². The van der Waals surface area contributed by atoms with Crippen molar-refractivity contribution in [1.82, 2.24) is 0 Å². The average molecular weight is 357 g/mol. The van der Waals surface area contributed by atoms with Crippen molar-refractivity contribution in [2.24, 2.45) is 0 Å². The Hall–Kier alpha value is -0.320. The quantitative estimate of drug-likeness (QED) is 0.336. The number of unbranched alkanes of at least 4 members (excludes halogenated alkanes) is 3. The van der Waals surface area contributed by atoms with Gasteiger partial charge in [0.05, 0.1) is 0 Å². The van der Waals surface area contributed by atoms with Gasteiger partial charge in [-0.05, 0) is 0 Å². The summed E-state index contributed by atoms with van der Waals surface area (Å²) in [5.41, 5.74) is 1.53. The number of hydrogen-bond donors (Lipinski definition) is 0. The molecule has 0 aliphatic rings. The van der Waals surface area contributed by atoms with Crippen molar-refractivity contribution >= 4 is 19.0 Å². The molecule has 0 amide bonds. The van der Waals surface area contributed by atoms with Crippen LogP contribution >= 0.6 is 19.0 Å². The van der Waals surface area contributed by atoms with Crippen LogP contribution in [0.25, 0.3) is 0 Å². The molecule has 0 saturated heterocycles. The molecular weight excluding hydrogens is 319 g/mol. The Bertz CT molecular complexity index is 402. The third-order valence-corrected chi connectivity index (χ3v) is 12.1. The summed E-state index contributed by atoms with van der Waals surface area (Å²) in [7, 11) is 0. The minimum Gasteiger partial charge on any atom is -0.147 e. The Morgan fingerprint density at radius 3 is 1.61 bits per heavy atom. The number of benzene rings is 1. The Morgan fingerprint density at radius 1 is 0.826 bits per heavy atom. The molecule has 1 aromatic carbocycles. The van der Waals surface area contributed by atoms with Gasteiger partial charge in [0.15, 0.2) is 0 Å². The van der Waals surface area contributed by atoms with E-state index >= 15 is 0 Å². The van der Waals surface area contributed by atoms with E-state index in [1.165, 1.54) is 68.7 Å². The first kappa shape index (κ1) is 22.7. The van der Waals surface area contributed by atoms with Crippen LogP contribution in [0.15, 0.2) is 42.7 Å². The van der Waals surface area contributed by atoms with Crippen molar-refractivity contribution in [3.05, 3.63) is 48.3 Å². The Morgan fingerprint density at radius 2 is 1.26 bits per heavy atom. The van der Waals surface area contributed by atoms with E-state index in [9.17, 15) is 0 Å². The molecule has 0 spiro atoms. The first-order valence-electron chi connectivity index (χ1n) is 9.32. The maximum absolute atomic E-state index is 4.42. The molecule has 0 fully saturated rings. The van der Waals surface area contributed by atoms with E-state index in [1.54, 1.807) is 0 Å². The molecule has 0 aromatic heterocycles. The molecule has 0 heterocycles. The van der Waals surface area contributed by atoms with Gasteiger partial charge < -0.3 is 0 Å². The van der Waals surface area contributed by atoms with Crippen molar-refractivity contribution in [3.63, 3.8) is 0 Å². The van der Waals surface area contributed by atoms with Gasteiger partial charge >= 0.3 is 139 Å². The van der Waals surface area contributed by atoms with E-state index in [-0.39, 0.29) is 12.4 Å². The second kappa shape index (κ2) is 11.3. The molecule has 0 nitrogen and oxygen atoms in total. The third-order valence-electron chi connectivity index (χ3n) is 5.31. The molecule has 1 aromatic rings. The smallest absolute Gasteiger partial charge is 0.147 e. The topological polar surface area (TPSA) is 0 Å². The molecule has 134 valence electrons. The maximum atomic E-state index is 4.42. The first-order chi connectivity index (χ1) is 10.6. The van der Waals surface area contributed by atoms with Gasteiger partial charge in [-0.15, -0.1) is 12.4 Å². The summed E-state index contributed by atoms with van der Waals surface area (Å²) in [4.78, 5) is 0. The van der Waals surface area contributed by atoms with Crippen LogP contribution in [-0.4, -0.2) is 18.5 Å². The van der Waals surface area contributed by atoms with Crippen molar-refractivity contribution < 1.29 is 0 Å². The van der Waals surface area contributed by atoms with Crippen LogP contribution in [0.3, 0.4) is 0 Å². The van der Waals surface area contributed by atoms with Crippen LogP contribution in [0.1, 0.15) is 64.9 Å². The van der Waals surface area contributed by atoms with Gasteiger partial charge in [0.2, 0.25) is 0 Å². The molecule has 0 unspecified atom stereocenters. The van der Waals surface area contributed by atoms with Crippen LogP contribution in [0, 0.1) is 0 Å². The molecule has 0 aliphatic carbocycles. The van der Waals surface area contributed by atoms with Gasteiger partial charge in [-0.2, -0.15) is 0 Å². The van der Waals surface area contributed by atoms with Crippen LogP contribution in [-0.2, 0) is 6.16 Å². The Labute approximate surface area is 151 Å². The molecular formula is C21H38ClP. The summed E-state index contributed by atoms with van der Waals surface area (Å²) < 4.78 is 0. The van der Waals surface area contributed by atoms with Gasteiger partial charge in [0.1, 0.15) is 0 Å². The monoisotopic (exact) mass is 356 g/mol. The fourth-order valence-corrected chi connectivity index (χ4v) is 10.3. The zero-order valence-corrected chi connectivity index (χ0v) is 17.3. The number of hydrogen-bond acceptors (Lipinski definition) is 0. The minimum absolute atomic E-state index is 0. The van der Waals surface area contributed by atoms with Gasteiger partial charge in [-0.25, -0.2) is 0 Å². The second-order valence-corrected chi connectivity index (χ2v) is 13.3. The van der Waals surface area contributed by atoms with Gasteiger partial charge in [-0.1, -0.05) is 0 Å². The van der Waals surface area contributed by atoms with Crippen molar-refractivity contribution in [2.75, 3.05) is 18.5 Å². The minimum atomic E-state index is -1.85. The molecule has 23 heavy (non-hydrogen) atoms. The Kier molecular flexibility index (Phi) is 11.1. The van der Waals surface area contributed by atoms with Crippen LogP contribution in [0.4, 0.5) is 0 Å². The van der Waals surface area contributed by atoms with E-state index in [2.05, 4.69) is 63.5 Å². The van der Waals surface area contributed by atoms with E-state index in [1.807, 2.05) is 0 Å². The molecule has 1 rings (SSSR count). The van der Waals surface area contributed by atoms with E-state index in [0.717, 1.165) is 0 Å². The SMILES string of the molecule is C=CP(CCCC)(CCCC)(CCCC)Cc1ccccc1.Cl. The summed E-state index contributed by atoms with van der Waals surface area (Å²) in [6.07, 6.45) is 13.5. The van der Waals surface area contributed by atoms with Crippen LogP contribution in [0.2, 0.25) is 0 Å². The predicted molar refractivity (Wildman–Crippen MR) is 114 cm³/mol. The second-order valence-electron chi connectivity index (χ2n) is 7.13. The molecule has 0 N–H and O–H groups in total. The zero-order chi connectivity index (χ0) is 16.3. The van der Waals surface area contributed by atoms with Gasteiger partial charge in [0.25, 0.3) is 0 Å². The third kappa shape index (κ3) is 6.60. The maximum Gasteiger partial charge on any atom is -0.147 e. The molecule has 0 radical (unpaired) electrons. The van der Waals surface area contributed by atoms with E-state index < -0.39 is 6.60 Å². The van der Waals surface area contributed by atoms with Crippen molar-refractivity contribution in [2.45, 2.75) is 65.5 Å². The number of halogens is 1. The van der Waals surface area contributed by atoms with Crippen molar-refractivity contribution in [3.8, 4) is 0 Å². The molecule has 0 saturated carbocycles. The summed E-state index contributed by atoms with van der Waals surface area (Å²) in [6.45, 7) is 9.56. The normalized spacial score (nSPS) is 12.9. The molecule has 0 bridgehead atoms. The van der Waals surface area contributed by atoms with E-state index in [0.29, 0.717) is 0 Å². The van der Waals surface area contributed by atoms with Crippen LogP contribution < -0.4 is 0 Å². The molecule has 0 aliphatic heterocycles. The summed E-state index contributed by atoms with van der Waals surface area (Å²) >= 11 is 0. The van der Waals surface area contributed by atoms with Crippen LogP contribution in [0.5, 0.6) is 0 Å². The average Bonchev–Trinajstić information content (AvgIpc) is 2.57. The Balaban J connectivity index is 0.00000484. The molecule has 0 atom stereocenters.